The number of hydrogen-bond donors (Lipinski definition) is 0. The maximum Gasteiger partial charge on any atom is 0.230 e. The second-order valence-electron chi connectivity index (χ2n) is 6.25. The molecule has 0 bridgehead atoms. The van der Waals surface area contributed by atoms with E-state index in [1.54, 1.807) is 6.20 Å². The summed E-state index contributed by atoms with van der Waals surface area (Å²) in [7, 11) is 0. The van der Waals surface area contributed by atoms with Gasteiger partial charge in [0, 0.05) is 30.5 Å². The van der Waals surface area contributed by atoms with E-state index in [-0.39, 0.29) is 0 Å². The Hall–Kier alpha value is -2.10. The summed E-state index contributed by atoms with van der Waals surface area (Å²) in [4.78, 5) is 14.2. The Kier molecular flexibility index (Phi) is 2.67. The number of aromatic nitrogens is 2. The maximum atomic E-state index is 12.3. The van der Waals surface area contributed by atoms with E-state index in [4.69, 9.17) is 0 Å². The molecule has 0 spiro atoms. The van der Waals surface area contributed by atoms with E-state index in [0.29, 0.717) is 17.7 Å². The van der Waals surface area contributed by atoms with Gasteiger partial charge in [0.05, 0.1) is 6.54 Å². The molecule has 2 heterocycles. The van der Waals surface area contributed by atoms with Crippen molar-refractivity contribution in [1.29, 1.82) is 0 Å². The third kappa shape index (κ3) is 1.97. The molecule has 0 radical (unpaired) electrons. The van der Waals surface area contributed by atoms with Crippen molar-refractivity contribution in [3.63, 3.8) is 0 Å². The van der Waals surface area contributed by atoms with Gasteiger partial charge in [0.1, 0.15) is 0 Å². The Morgan fingerprint density at radius 1 is 1.29 bits per heavy atom. The van der Waals surface area contributed by atoms with Gasteiger partial charge >= 0.3 is 0 Å². The number of anilines is 1. The minimum absolute atomic E-state index is 0.313. The van der Waals surface area contributed by atoms with E-state index in [2.05, 4.69) is 31.1 Å². The maximum absolute atomic E-state index is 12.3. The summed E-state index contributed by atoms with van der Waals surface area (Å²) in [5.74, 6) is 1.25. The fraction of sp³-hybridized carbons (Fsp3) is 0.412. The molecule has 4 nitrogen and oxygen atoms in total. The van der Waals surface area contributed by atoms with Gasteiger partial charge in [-0.05, 0) is 55.0 Å². The van der Waals surface area contributed by atoms with Gasteiger partial charge in [0.15, 0.2) is 0 Å². The third-order valence-corrected chi connectivity index (χ3v) is 4.98. The first kappa shape index (κ1) is 12.6. The number of nitrogens with zero attached hydrogens (tertiary/aromatic N) is 3. The molecule has 1 saturated carbocycles. The molecular weight excluding hydrogens is 262 g/mol. The van der Waals surface area contributed by atoms with Gasteiger partial charge in [-0.3, -0.25) is 9.48 Å². The summed E-state index contributed by atoms with van der Waals surface area (Å²) in [6.07, 6.45) is 4.87. The van der Waals surface area contributed by atoms with Gasteiger partial charge in [-0.2, -0.15) is 5.10 Å². The Balaban J connectivity index is 1.65. The predicted molar refractivity (Wildman–Crippen MR) is 81.2 cm³/mol. The molecule has 2 aliphatic rings. The predicted octanol–water partition coefficient (Wildman–Crippen LogP) is 2.53. The van der Waals surface area contributed by atoms with Crippen molar-refractivity contribution >= 4 is 11.6 Å². The van der Waals surface area contributed by atoms with Crippen molar-refractivity contribution in [3.05, 3.63) is 47.3 Å². The Morgan fingerprint density at radius 2 is 2.14 bits per heavy atom. The number of fused-ring (bicyclic) bond motifs is 1. The van der Waals surface area contributed by atoms with Crippen LogP contribution in [0.4, 0.5) is 5.69 Å². The van der Waals surface area contributed by atoms with Crippen LogP contribution in [0.2, 0.25) is 0 Å². The number of rotatable bonds is 3. The van der Waals surface area contributed by atoms with E-state index < -0.39 is 0 Å². The molecule has 4 heteroatoms. The fourth-order valence-corrected chi connectivity index (χ4v) is 3.39. The zero-order valence-corrected chi connectivity index (χ0v) is 12.4. The summed E-state index contributed by atoms with van der Waals surface area (Å²) in [5, 5.41) is 4.26. The average Bonchev–Trinajstić information content (AvgIpc) is 2.91. The van der Waals surface area contributed by atoms with Gasteiger partial charge in [0.25, 0.3) is 0 Å². The van der Waals surface area contributed by atoms with Crippen LogP contribution in [0.5, 0.6) is 0 Å². The first-order valence-corrected chi connectivity index (χ1v) is 7.53. The first-order valence-electron chi connectivity index (χ1n) is 7.53. The quantitative estimate of drug-likeness (QED) is 0.867. The second kappa shape index (κ2) is 4.45. The summed E-state index contributed by atoms with van der Waals surface area (Å²) in [5.41, 5.74) is 4.83. The smallest absolute Gasteiger partial charge is 0.230 e. The van der Waals surface area contributed by atoms with E-state index in [0.717, 1.165) is 25.2 Å². The molecule has 108 valence electrons. The zero-order valence-electron chi connectivity index (χ0n) is 12.4. The highest BCUT2D eigenvalue weighted by Crippen LogP contribution is 2.48. The monoisotopic (exact) mass is 281 g/mol. The molecule has 1 aliphatic carbocycles. The molecule has 21 heavy (non-hydrogen) atoms. The van der Waals surface area contributed by atoms with Crippen molar-refractivity contribution in [2.75, 3.05) is 11.4 Å². The van der Waals surface area contributed by atoms with Gasteiger partial charge in [-0.25, -0.2) is 0 Å². The van der Waals surface area contributed by atoms with Crippen LogP contribution in [0.15, 0.2) is 30.6 Å². The lowest BCUT2D eigenvalue weighted by Gasteiger charge is -2.23. The van der Waals surface area contributed by atoms with Crippen LogP contribution in [0.25, 0.3) is 0 Å². The molecular formula is C17H19N3O. The van der Waals surface area contributed by atoms with E-state index in [1.807, 2.05) is 21.8 Å². The Labute approximate surface area is 124 Å². The van der Waals surface area contributed by atoms with Crippen LogP contribution in [0, 0.1) is 25.7 Å². The highest BCUT2D eigenvalue weighted by molar-refractivity contribution is 6.00. The molecule has 1 saturated heterocycles. The Bertz CT molecular complexity index is 705. The summed E-state index contributed by atoms with van der Waals surface area (Å²) < 4.78 is 1.93. The second-order valence-corrected chi connectivity index (χ2v) is 6.25. The van der Waals surface area contributed by atoms with E-state index in [1.165, 1.54) is 16.7 Å². The van der Waals surface area contributed by atoms with Crippen LogP contribution in [0.1, 0.15) is 23.1 Å². The molecule has 2 fully saturated rings. The Morgan fingerprint density at radius 3 is 2.81 bits per heavy atom. The summed E-state index contributed by atoms with van der Waals surface area (Å²) >= 11 is 0. The number of piperidine rings is 1. The largest absolute Gasteiger partial charge is 0.312 e. The minimum Gasteiger partial charge on any atom is -0.312 e. The van der Waals surface area contributed by atoms with Crippen molar-refractivity contribution in [1.82, 2.24) is 9.78 Å². The van der Waals surface area contributed by atoms with Gasteiger partial charge in [0.2, 0.25) is 5.91 Å². The van der Waals surface area contributed by atoms with Gasteiger partial charge in [-0.1, -0.05) is 6.07 Å². The molecule has 1 aliphatic heterocycles. The van der Waals surface area contributed by atoms with Crippen LogP contribution in [0.3, 0.4) is 0 Å². The number of amides is 1. The van der Waals surface area contributed by atoms with Crippen molar-refractivity contribution in [2.24, 2.45) is 11.8 Å². The molecule has 2 aromatic rings. The lowest BCUT2D eigenvalue weighted by atomic mass is 10.0. The van der Waals surface area contributed by atoms with Crippen LogP contribution in [-0.4, -0.2) is 22.2 Å². The number of carbonyl (C=O) groups excluding carboxylic acids is 1. The zero-order chi connectivity index (χ0) is 14.6. The normalized spacial score (nSPS) is 23.5. The van der Waals surface area contributed by atoms with Crippen molar-refractivity contribution < 1.29 is 4.79 Å². The van der Waals surface area contributed by atoms with Gasteiger partial charge < -0.3 is 4.90 Å². The van der Waals surface area contributed by atoms with Crippen LogP contribution in [-0.2, 0) is 11.3 Å². The van der Waals surface area contributed by atoms with Crippen LogP contribution >= 0.6 is 0 Å². The topological polar surface area (TPSA) is 38.1 Å². The summed E-state index contributed by atoms with van der Waals surface area (Å²) in [6.45, 7) is 5.94. The van der Waals surface area contributed by atoms with E-state index >= 15 is 0 Å². The molecule has 4 rings (SSSR count). The first-order chi connectivity index (χ1) is 10.1. The minimum atomic E-state index is 0.313. The molecule has 1 amide bonds. The van der Waals surface area contributed by atoms with E-state index in [9.17, 15) is 4.79 Å². The number of carbonyl (C=O) groups is 1. The molecule has 1 aromatic heterocycles. The highest BCUT2D eigenvalue weighted by Gasteiger charge is 2.52. The fourth-order valence-electron chi connectivity index (χ4n) is 3.39. The van der Waals surface area contributed by atoms with Crippen LogP contribution < -0.4 is 4.90 Å². The molecule has 2 atom stereocenters. The van der Waals surface area contributed by atoms with Crippen molar-refractivity contribution in [3.8, 4) is 0 Å². The van der Waals surface area contributed by atoms with Crippen molar-refractivity contribution in [2.45, 2.75) is 26.8 Å². The molecule has 0 N–H and O–H groups in total. The summed E-state index contributed by atoms with van der Waals surface area (Å²) in [6, 6.07) is 6.17. The third-order valence-electron chi connectivity index (χ3n) is 4.98. The number of benzene rings is 1. The highest BCUT2D eigenvalue weighted by atomic mass is 16.2. The SMILES string of the molecule is Cc1c(Cn2cccn2)ccc(N2C[C@H]3C[C@H]3C2=O)c1C. The molecule has 0 unspecified atom stereocenters. The average molecular weight is 281 g/mol. The lowest BCUT2D eigenvalue weighted by molar-refractivity contribution is -0.118. The standard InChI is InChI=1S/C17H19N3O/c1-11-12(2)16(20-10-14-8-15(14)17(20)21)5-4-13(11)9-19-7-3-6-18-19/h3-7,14-15H,8-10H2,1-2H3/t14-,15-/m1/s1. The molecule has 1 aromatic carbocycles. The number of hydrogen-bond acceptors (Lipinski definition) is 2. The lowest BCUT2D eigenvalue weighted by Crippen LogP contribution is -2.28. The van der Waals surface area contributed by atoms with Gasteiger partial charge in [-0.15, -0.1) is 0 Å².